The maximum Gasteiger partial charge on any atom is 0.267 e. The Morgan fingerprint density at radius 1 is 1.04 bits per heavy atom. The van der Waals surface area contributed by atoms with Crippen molar-refractivity contribution < 1.29 is 4.79 Å². The molecule has 26 heavy (non-hydrogen) atoms. The Bertz CT molecular complexity index is 996. The number of hydrogen-bond acceptors (Lipinski definition) is 6. The number of nitrogens with one attached hydrogen (secondary N) is 1. The molecule has 0 radical (unpaired) electrons. The highest BCUT2D eigenvalue weighted by molar-refractivity contribution is 7.12. The van der Waals surface area contributed by atoms with Crippen molar-refractivity contribution in [1.29, 1.82) is 0 Å². The highest BCUT2D eigenvalue weighted by atomic mass is 32.1. The third kappa shape index (κ3) is 3.50. The van der Waals surface area contributed by atoms with E-state index in [1.807, 2.05) is 47.8 Å². The van der Waals surface area contributed by atoms with Crippen molar-refractivity contribution in [2.45, 2.75) is 6.42 Å². The number of hydrogen-bond donors (Lipinski definition) is 1. The lowest BCUT2D eigenvalue weighted by Gasteiger charge is -2.07. The molecule has 3 aromatic heterocycles. The number of tetrazole rings is 1. The second kappa shape index (κ2) is 7.24. The van der Waals surface area contributed by atoms with Crippen molar-refractivity contribution in [2.24, 2.45) is 0 Å². The van der Waals surface area contributed by atoms with Crippen LogP contribution in [0.2, 0.25) is 0 Å². The summed E-state index contributed by atoms with van der Waals surface area (Å²) in [5, 5.41) is 15.8. The van der Waals surface area contributed by atoms with Gasteiger partial charge in [0.1, 0.15) is 11.2 Å². The van der Waals surface area contributed by atoms with Crippen molar-refractivity contribution >= 4 is 22.9 Å². The molecule has 0 aliphatic rings. The summed E-state index contributed by atoms with van der Waals surface area (Å²) in [6.07, 6.45) is 5.86. The first-order valence-electron chi connectivity index (χ1n) is 7.89. The smallest absolute Gasteiger partial charge is 0.267 e. The number of carbonyl (C=O) groups excluding carboxylic acids is 1. The molecule has 0 bridgehead atoms. The molecule has 7 nitrogen and oxygen atoms in total. The highest BCUT2D eigenvalue weighted by Gasteiger charge is 2.15. The fourth-order valence-electron chi connectivity index (χ4n) is 2.55. The molecule has 0 unspecified atom stereocenters. The Balaban J connectivity index is 1.46. The first kappa shape index (κ1) is 16.1. The number of amides is 1. The third-order valence-electron chi connectivity index (χ3n) is 3.82. The maximum absolute atomic E-state index is 12.6. The van der Waals surface area contributed by atoms with E-state index in [2.05, 4.69) is 25.8 Å². The Kier molecular flexibility index (Phi) is 4.48. The number of anilines is 1. The van der Waals surface area contributed by atoms with Crippen molar-refractivity contribution in [3.63, 3.8) is 0 Å². The summed E-state index contributed by atoms with van der Waals surface area (Å²) < 4.78 is 1.48. The minimum Gasteiger partial charge on any atom is -0.321 e. The Morgan fingerprint density at radius 3 is 2.54 bits per heavy atom. The quantitative estimate of drug-likeness (QED) is 0.590. The van der Waals surface area contributed by atoms with E-state index in [4.69, 9.17) is 0 Å². The second-order valence-corrected chi connectivity index (χ2v) is 6.49. The molecule has 0 aliphatic carbocycles. The molecule has 3 heterocycles. The predicted octanol–water partition coefficient (Wildman–Crippen LogP) is 2.96. The van der Waals surface area contributed by atoms with Crippen LogP contribution in [0.3, 0.4) is 0 Å². The summed E-state index contributed by atoms with van der Waals surface area (Å²) in [4.78, 5) is 17.2. The number of thiophene rings is 1. The molecule has 8 heteroatoms. The zero-order valence-electron chi connectivity index (χ0n) is 13.6. The van der Waals surface area contributed by atoms with Crippen molar-refractivity contribution in [3.05, 3.63) is 82.6 Å². The number of aromatic nitrogens is 5. The second-order valence-electron chi connectivity index (χ2n) is 5.57. The number of benzene rings is 1. The summed E-state index contributed by atoms with van der Waals surface area (Å²) in [5.41, 5.74) is 3.76. The molecule has 0 fully saturated rings. The van der Waals surface area contributed by atoms with Gasteiger partial charge in [-0.3, -0.25) is 9.78 Å². The van der Waals surface area contributed by atoms with E-state index in [0.717, 1.165) is 12.1 Å². The average Bonchev–Trinajstić information content (AvgIpc) is 3.35. The van der Waals surface area contributed by atoms with Gasteiger partial charge in [0.05, 0.1) is 5.69 Å². The topological polar surface area (TPSA) is 85.6 Å². The van der Waals surface area contributed by atoms with E-state index >= 15 is 0 Å². The van der Waals surface area contributed by atoms with Crippen molar-refractivity contribution in [1.82, 2.24) is 25.2 Å². The van der Waals surface area contributed by atoms with Crippen LogP contribution < -0.4 is 5.32 Å². The maximum atomic E-state index is 12.6. The van der Waals surface area contributed by atoms with Crippen molar-refractivity contribution in [3.8, 4) is 5.69 Å². The molecule has 0 spiro atoms. The average molecular weight is 362 g/mol. The van der Waals surface area contributed by atoms with Crippen LogP contribution in [0.25, 0.3) is 5.69 Å². The highest BCUT2D eigenvalue weighted by Crippen LogP contribution is 2.22. The van der Waals surface area contributed by atoms with Gasteiger partial charge in [-0.05, 0) is 63.7 Å². The van der Waals surface area contributed by atoms with Gasteiger partial charge < -0.3 is 5.32 Å². The fraction of sp³-hybridized carbons (Fsp3) is 0.0556. The Hall–Kier alpha value is -3.39. The minimum atomic E-state index is -0.188. The first-order chi connectivity index (χ1) is 12.8. The molecular weight excluding hydrogens is 348 g/mol. The van der Waals surface area contributed by atoms with E-state index in [1.54, 1.807) is 12.4 Å². The number of pyridine rings is 1. The normalized spacial score (nSPS) is 10.6. The van der Waals surface area contributed by atoms with E-state index in [0.29, 0.717) is 10.6 Å². The van der Waals surface area contributed by atoms with E-state index < -0.39 is 0 Å². The van der Waals surface area contributed by atoms with Gasteiger partial charge in [-0.15, -0.1) is 16.4 Å². The molecular formula is C18H14N6OS. The van der Waals surface area contributed by atoms with Crippen LogP contribution in [0.15, 0.2) is 66.6 Å². The van der Waals surface area contributed by atoms with Crippen LogP contribution in [-0.2, 0) is 6.42 Å². The molecule has 1 aromatic carbocycles. The zero-order valence-corrected chi connectivity index (χ0v) is 14.4. The van der Waals surface area contributed by atoms with Crippen molar-refractivity contribution in [2.75, 3.05) is 5.32 Å². The summed E-state index contributed by atoms with van der Waals surface area (Å²) in [5.74, 6) is -0.188. The van der Waals surface area contributed by atoms with Gasteiger partial charge in [0.2, 0.25) is 0 Å². The summed E-state index contributed by atoms with van der Waals surface area (Å²) in [7, 11) is 0. The lowest BCUT2D eigenvalue weighted by molar-refractivity contribution is 0.103. The molecule has 1 amide bonds. The molecule has 4 aromatic rings. The van der Waals surface area contributed by atoms with Gasteiger partial charge in [-0.25, -0.2) is 0 Å². The number of nitrogens with zero attached hydrogens (tertiary/aromatic N) is 5. The van der Waals surface area contributed by atoms with Crippen LogP contribution in [0, 0.1) is 0 Å². The first-order valence-corrected chi connectivity index (χ1v) is 8.77. The minimum absolute atomic E-state index is 0.188. The molecule has 0 saturated carbocycles. The van der Waals surface area contributed by atoms with E-state index in [-0.39, 0.29) is 5.91 Å². The monoisotopic (exact) mass is 362 g/mol. The summed E-state index contributed by atoms with van der Waals surface area (Å²) in [6.45, 7) is 0. The third-order valence-corrected chi connectivity index (χ3v) is 4.72. The van der Waals surface area contributed by atoms with Crippen LogP contribution >= 0.6 is 11.3 Å². The van der Waals surface area contributed by atoms with Gasteiger partial charge in [0, 0.05) is 18.1 Å². The zero-order chi connectivity index (χ0) is 17.8. The molecule has 128 valence electrons. The molecule has 0 atom stereocenters. The summed E-state index contributed by atoms with van der Waals surface area (Å²) >= 11 is 1.35. The van der Waals surface area contributed by atoms with Crippen LogP contribution in [0.5, 0.6) is 0 Å². The molecule has 0 aliphatic heterocycles. The summed E-state index contributed by atoms with van der Waals surface area (Å²) in [6, 6.07) is 13.6. The van der Waals surface area contributed by atoms with E-state index in [9.17, 15) is 4.79 Å². The largest absolute Gasteiger partial charge is 0.321 e. The van der Waals surface area contributed by atoms with Gasteiger partial charge in [0.25, 0.3) is 5.91 Å². The Labute approximate surface area is 153 Å². The van der Waals surface area contributed by atoms with Gasteiger partial charge >= 0.3 is 0 Å². The number of carbonyl (C=O) groups is 1. The van der Waals surface area contributed by atoms with Crippen LogP contribution in [-0.4, -0.2) is 31.1 Å². The standard InChI is InChI=1S/C18H14N6OS/c25-18(17-16(7-10-26-17)24-12-20-22-23-24)21-15-3-1-13(2-4-15)11-14-5-8-19-9-6-14/h1-10,12H,11H2,(H,21,25). The molecule has 0 saturated heterocycles. The lowest BCUT2D eigenvalue weighted by atomic mass is 10.1. The van der Waals surface area contributed by atoms with Gasteiger partial charge in [0.15, 0.2) is 0 Å². The van der Waals surface area contributed by atoms with Crippen LogP contribution in [0.4, 0.5) is 5.69 Å². The number of rotatable bonds is 5. The lowest BCUT2D eigenvalue weighted by Crippen LogP contribution is -2.13. The predicted molar refractivity (Wildman–Crippen MR) is 98.5 cm³/mol. The SMILES string of the molecule is O=C(Nc1ccc(Cc2ccncc2)cc1)c1sccc1-n1cnnn1. The molecule has 1 N–H and O–H groups in total. The van der Waals surface area contributed by atoms with E-state index in [1.165, 1.54) is 33.5 Å². The van der Waals surface area contributed by atoms with Gasteiger partial charge in [-0.1, -0.05) is 12.1 Å². The van der Waals surface area contributed by atoms with Crippen LogP contribution in [0.1, 0.15) is 20.8 Å². The molecule has 4 rings (SSSR count). The van der Waals surface area contributed by atoms with Gasteiger partial charge in [-0.2, -0.15) is 4.68 Å². The fourth-order valence-corrected chi connectivity index (χ4v) is 3.33. The Morgan fingerprint density at radius 2 is 1.81 bits per heavy atom.